The predicted molar refractivity (Wildman–Crippen MR) is 65.4 cm³/mol. The summed E-state index contributed by atoms with van der Waals surface area (Å²) >= 11 is 0. The van der Waals surface area contributed by atoms with E-state index >= 15 is 0 Å². The first-order chi connectivity index (χ1) is 8.13. The second-order valence-corrected chi connectivity index (χ2v) is 4.57. The second-order valence-electron chi connectivity index (χ2n) is 4.57. The summed E-state index contributed by atoms with van der Waals surface area (Å²) in [6, 6.07) is 3.65. The molecule has 1 aliphatic heterocycles. The number of aromatic nitrogens is 1. The van der Waals surface area contributed by atoms with E-state index in [2.05, 4.69) is 17.2 Å². The van der Waals surface area contributed by atoms with Gasteiger partial charge in [-0.3, -0.25) is 0 Å². The van der Waals surface area contributed by atoms with Crippen LogP contribution in [0, 0.1) is 11.3 Å². The summed E-state index contributed by atoms with van der Waals surface area (Å²) < 4.78 is 5.33. The number of rotatable bonds is 2. The molecule has 1 aromatic heterocycles. The van der Waals surface area contributed by atoms with E-state index in [4.69, 9.17) is 15.7 Å². The van der Waals surface area contributed by atoms with Crippen LogP contribution in [0.15, 0.2) is 12.3 Å². The van der Waals surface area contributed by atoms with Crippen molar-refractivity contribution < 1.29 is 4.74 Å². The molecule has 0 atom stereocenters. The van der Waals surface area contributed by atoms with E-state index in [0.29, 0.717) is 17.1 Å². The van der Waals surface area contributed by atoms with Gasteiger partial charge in [-0.25, -0.2) is 4.98 Å². The summed E-state index contributed by atoms with van der Waals surface area (Å²) in [5.41, 5.74) is 6.82. The molecule has 0 unspecified atom stereocenters. The molecule has 0 aliphatic carbocycles. The van der Waals surface area contributed by atoms with Crippen LogP contribution in [-0.2, 0) is 4.74 Å². The summed E-state index contributed by atoms with van der Waals surface area (Å²) in [7, 11) is 0. The van der Waals surface area contributed by atoms with Crippen molar-refractivity contribution in [2.24, 2.45) is 0 Å². The average molecular weight is 232 g/mol. The van der Waals surface area contributed by atoms with E-state index in [1.54, 1.807) is 6.07 Å². The third-order valence-electron chi connectivity index (χ3n) is 3.06. The van der Waals surface area contributed by atoms with Gasteiger partial charge in [0.25, 0.3) is 0 Å². The quantitative estimate of drug-likeness (QED) is 0.807. The van der Waals surface area contributed by atoms with Crippen LogP contribution in [0.3, 0.4) is 0 Å². The number of nitrogens with one attached hydrogen (secondary N) is 1. The van der Waals surface area contributed by atoms with Gasteiger partial charge in [0.15, 0.2) is 0 Å². The molecule has 1 fully saturated rings. The van der Waals surface area contributed by atoms with Gasteiger partial charge in [0, 0.05) is 24.9 Å². The Bertz CT molecular complexity index is 446. The molecule has 1 aliphatic rings. The highest BCUT2D eigenvalue weighted by Crippen LogP contribution is 2.27. The zero-order valence-corrected chi connectivity index (χ0v) is 9.86. The first-order valence-corrected chi connectivity index (χ1v) is 5.64. The number of nitrogens with two attached hydrogens (primary N) is 1. The highest BCUT2D eigenvalue weighted by molar-refractivity contribution is 5.64. The van der Waals surface area contributed by atoms with Gasteiger partial charge >= 0.3 is 0 Å². The van der Waals surface area contributed by atoms with Crippen molar-refractivity contribution in [1.29, 1.82) is 5.26 Å². The molecule has 0 radical (unpaired) electrons. The monoisotopic (exact) mass is 232 g/mol. The molecule has 1 saturated heterocycles. The smallest absolute Gasteiger partial charge is 0.149 e. The number of ether oxygens (including phenoxy) is 1. The number of anilines is 2. The van der Waals surface area contributed by atoms with E-state index in [0.717, 1.165) is 26.1 Å². The Labute approximate surface area is 101 Å². The summed E-state index contributed by atoms with van der Waals surface area (Å²) in [4.78, 5) is 4.19. The Hall–Kier alpha value is -1.80. The lowest BCUT2D eigenvalue weighted by atomic mass is 9.92. The maximum atomic E-state index is 8.74. The molecule has 0 saturated carbocycles. The van der Waals surface area contributed by atoms with E-state index in [-0.39, 0.29) is 5.54 Å². The highest BCUT2D eigenvalue weighted by atomic mass is 16.5. The fraction of sp³-hybridized carbons (Fsp3) is 0.500. The molecule has 0 aromatic carbocycles. The first kappa shape index (κ1) is 11.7. The zero-order chi connectivity index (χ0) is 12.3. The summed E-state index contributed by atoms with van der Waals surface area (Å²) in [5.74, 6) is 0.647. The minimum atomic E-state index is -0.0342. The average Bonchev–Trinajstić information content (AvgIpc) is 2.32. The van der Waals surface area contributed by atoms with Crippen LogP contribution < -0.4 is 11.1 Å². The summed E-state index contributed by atoms with van der Waals surface area (Å²) in [6.07, 6.45) is 3.38. The molecule has 5 heteroatoms. The molecular formula is C12H16N4O. The lowest BCUT2D eigenvalue weighted by Crippen LogP contribution is -2.41. The highest BCUT2D eigenvalue weighted by Gasteiger charge is 2.27. The molecule has 5 nitrogen and oxygen atoms in total. The van der Waals surface area contributed by atoms with Gasteiger partial charge in [-0.1, -0.05) is 0 Å². The van der Waals surface area contributed by atoms with Crippen LogP contribution >= 0.6 is 0 Å². The van der Waals surface area contributed by atoms with Gasteiger partial charge in [0.2, 0.25) is 0 Å². The van der Waals surface area contributed by atoms with Gasteiger partial charge in [-0.15, -0.1) is 0 Å². The standard InChI is InChI=1S/C12H16N4O/c1-12(2-4-17-5-3-12)16-11-10(14)6-9(7-13)8-15-11/h6,8H,2-5,14H2,1H3,(H,15,16). The van der Waals surface area contributed by atoms with Crippen molar-refractivity contribution in [2.75, 3.05) is 24.3 Å². The van der Waals surface area contributed by atoms with Gasteiger partial charge in [-0.2, -0.15) is 5.26 Å². The summed E-state index contributed by atoms with van der Waals surface area (Å²) in [5, 5.41) is 12.1. The Morgan fingerprint density at radius 1 is 1.53 bits per heavy atom. The van der Waals surface area contributed by atoms with Crippen molar-refractivity contribution in [3.63, 3.8) is 0 Å². The Kier molecular flexibility index (Phi) is 3.16. The molecule has 0 spiro atoms. The van der Waals surface area contributed by atoms with Crippen LogP contribution in [0.25, 0.3) is 0 Å². The molecule has 90 valence electrons. The maximum absolute atomic E-state index is 8.74. The minimum Gasteiger partial charge on any atom is -0.396 e. The molecule has 3 N–H and O–H groups in total. The SMILES string of the molecule is CC1(Nc2ncc(C#N)cc2N)CCOCC1. The topological polar surface area (TPSA) is 84.0 Å². The van der Waals surface area contributed by atoms with Crippen molar-refractivity contribution >= 4 is 11.5 Å². The number of nitrogens with zero attached hydrogens (tertiary/aromatic N) is 2. The third-order valence-corrected chi connectivity index (χ3v) is 3.06. The van der Waals surface area contributed by atoms with Gasteiger partial charge < -0.3 is 15.8 Å². The van der Waals surface area contributed by atoms with E-state index in [9.17, 15) is 0 Å². The van der Waals surface area contributed by atoms with Crippen LogP contribution in [-0.4, -0.2) is 23.7 Å². The fourth-order valence-corrected chi connectivity index (χ4v) is 1.88. The Morgan fingerprint density at radius 3 is 2.82 bits per heavy atom. The maximum Gasteiger partial charge on any atom is 0.149 e. The molecular weight excluding hydrogens is 216 g/mol. The Morgan fingerprint density at radius 2 is 2.24 bits per heavy atom. The molecule has 17 heavy (non-hydrogen) atoms. The number of hydrogen-bond acceptors (Lipinski definition) is 5. The van der Waals surface area contributed by atoms with Crippen molar-refractivity contribution in [1.82, 2.24) is 4.98 Å². The number of pyridine rings is 1. The van der Waals surface area contributed by atoms with Crippen LogP contribution in [0.5, 0.6) is 0 Å². The van der Waals surface area contributed by atoms with Crippen LogP contribution in [0.1, 0.15) is 25.3 Å². The van der Waals surface area contributed by atoms with E-state index in [1.165, 1.54) is 6.20 Å². The number of hydrogen-bond donors (Lipinski definition) is 2. The lowest BCUT2D eigenvalue weighted by Gasteiger charge is -2.35. The second kappa shape index (κ2) is 4.60. The number of nitrogen functional groups attached to an aromatic ring is 1. The number of nitriles is 1. The van der Waals surface area contributed by atoms with Crippen molar-refractivity contribution in [3.05, 3.63) is 17.8 Å². The van der Waals surface area contributed by atoms with Gasteiger partial charge in [0.05, 0.1) is 11.3 Å². The lowest BCUT2D eigenvalue weighted by molar-refractivity contribution is 0.0657. The van der Waals surface area contributed by atoms with E-state index in [1.807, 2.05) is 6.07 Å². The fourth-order valence-electron chi connectivity index (χ4n) is 1.88. The predicted octanol–water partition coefficient (Wildman–Crippen LogP) is 1.52. The largest absolute Gasteiger partial charge is 0.396 e. The molecule has 0 bridgehead atoms. The first-order valence-electron chi connectivity index (χ1n) is 5.64. The Balaban J connectivity index is 2.15. The van der Waals surface area contributed by atoms with Crippen LogP contribution in [0.4, 0.5) is 11.5 Å². The van der Waals surface area contributed by atoms with Crippen molar-refractivity contribution in [3.8, 4) is 6.07 Å². The summed E-state index contributed by atoms with van der Waals surface area (Å²) in [6.45, 7) is 3.63. The normalized spacial score (nSPS) is 18.4. The molecule has 2 rings (SSSR count). The van der Waals surface area contributed by atoms with Gasteiger partial charge in [-0.05, 0) is 25.8 Å². The van der Waals surface area contributed by atoms with Crippen LogP contribution in [0.2, 0.25) is 0 Å². The minimum absolute atomic E-state index is 0.0342. The molecule has 1 aromatic rings. The van der Waals surface area contributed by atoms with E-state index < -0.39 is 0 Å². The molecule has 2 heterocycles. The van der Waals surface area contributed by atoms with Crippen molar-refractivity contribution in [2.45, 2.75) is 25.3 Å². The zero-order valence-electron chi connectivity index (χ0n) is 9.86. The van der Waals surface area contributed by atoms with Gasteiger partial charge in [0.1, 0.15) is 11.9 Å². The third kappa shape index (κ3) is 2.66. The molecule has 0 amide bonds.